The number of allylic oxidation sites excluding steroid dienone is 2. The van der Waals surface area contributed by atoms with Crippen LogP contribution in [0.5, 0.6) is 0 Å². The molecule has 0 bridgehead atoms. The van der Waals surface area contributed by atoms with Crippen LogP contribution >= 0.6 is 7.92 Å². The highest BCUT2D eigenvalue weighted by atomic mass is 31.1. The van der Waals surface area contributed by atoms with E-state index < -0.39 is 0 Å². The predicted molar refractivity (Wildman–Crippen MR) is 197 cm³/mol. The molecule has 0 N–H and O–H groups in total. The van der Waals surface area contributed by atoms with Crippen LogP contribution in [0.1, 0.15) is 144 Å². The molecule has 6 rings (SSSR count). The van der Waals surface area contributed by atoms with E-state index in [9.17, 15) is 0 Å². The molecular weight excluding hydrogens is 551 g/mol. The first-order valence-electron chi connectivity index (χ1n) is 18.3. The van der Waals surface area contributed by atoms with Gasteiger partial charge in [0.05, 0.1) is 6.67 Å². The second-order valence-corrected chi connectivity index (χ2v) is 18.1. The second kappa shape index (κ2) is 15.2. The maximum atomic E-state index is 2.47. The van der Waals surface area contributed by atoms with E-state index in [0.29, 0.717) is 7.92 Å². The van der Waals surface area contributed by atoms with Gasteiger partial charge in [0.25, 0.3) is 0 Å². The maximum Gasteiger partial charge on any atom is 0.0995 e. The fourth-order valence-corrected chi connectivity index (χ4v) is 14.1. The standard InChI is InChI=1S/C23H30N2.C18H33P/c1-14-9-16(3)22(17(4)10-14)24-13-25(21(8)20(24)7)23-18(5)11-15(2)12-19(23)6;1-4-10-16(11-5-1)19(17-12-6-2-7-13-17)18-14-8-3-9-15-18/h9-12H,13H2,1-8H3;16-18H,1-15H2. The second-order valence-electron chi connectivity index (χ2n) is 15.0. The average molecular weight is 615 g/mol. The summed E-state index contributed by atoms with van der Waals surface area (Å²) in [7, 11) is 0.385. The van der Waals surface area contributed by atoms with Gasteiger partial charge in [-0.15, -0.1) is 0 Å². The third kappa shape index (κ3) is 7.60. The Labute approximate surface area is 272 Å². The minimum Gasteiger partial charge on any atom is -0.325 e. The van der Waals surface area contributed by atoms with Gasteiger partial charge in [-0.05, 0) is 133 Å². The molecule has 3 aliphatic carbocycles. The van der Waals surface area contributed by atoms with Crippen LogP contribution in [0.3, 0.4) is 0 Å². The van der Waals surface area contributed by atoms with Crippen LogP contribution in [0.15, 0.2) is 35.7 Å². The Kier molecular flexibility index (Phi) is 11.6. The van der Waals surface area contributed by atoms with Crippen molar-refractivity contribution in [1.29, 1.82) is 0 Å². The van der Waals surface area contributed by atoms with Crippen LogP contribution in [0.2, 0.25) is 0 Å². The van der Waals surface area contributed by atoms with Crippen LogP contribution in [0.4, 0.5) is 11.4 Å². The first-order valence-corrected chi connectivity index (χ1v) is 19.9. The molecule has 1 aliphatic heterocycles. The van der Waals surface area contributed by atoms with Gasteiger partial charge in [0.2, 0.25) is 0 Å². The minimum absolute atomic E-state index is 0.385. The molecule has 3 fully saturated rings. The Morgan fingerprint density at radius 2 is 0.705 bits per heavy atom. The van der Waals surface area contributed by atoms with E-state index >= 15 is 0 Å². The number of nitrogens with zero attached hydrogens (tertiary/aromatic N) is 2. The summed E-state index contributed by atoms with van der Waals surface area (Å²) in [6.45, 7) is 18.6. The van der Waals surface area contributed by atoms with Crippen LogP contribution < -0.4 is 9.80 Å². The van der Waals surface area contributed by atoms with E-state index in [1.165, 1.54) is 92.4 Å². The smallest absolute Gasteiger partial charge is 0.0995 e. The van der Waals surface area contributed by atoms with Crippen molar-refractivity contribution in [3.63, 3.8) is 0 Å². The Hall–Kier alpha value is -1.79. The molecule has 3 heteroatoms. The van der Waals surface area contributed by atoms with Crippen molar-refractivity contribution in [2.75, 3.05) is 16.5 Å². The molecule has 0 radical (unpaired) electrons. The number of hydrogen-bond acceptors (Lipinski definition) is 2. The molecule has 2 nitrogen and oxygen atoms in total. The summed E-state index contributed by atoms with van der Waals surface area (Å²) in [6.07, 6.45) is 23.6. The fourth-order valence-electron chi connectivity index (χ4n) is 9.45. The van der Waals surface area contributed by atoms with Gasteiger partial charge in [-0.3, -0.25) is 0 Å². The molecule has 0 saturated heterocycles. The highest BCUT2D eigenvalue weighted by Crippen LogP contribution is 2.61. The predicted octanol–water partition coefficient (Wildman–Crippen LogP) is 12.5. The lowest BCUT2D eigenvalue weighted by atomic mass is 9.99. The lowest BCUT2D eigenvalue weighted by Crippen LogP contribution is -2.29. The van der Waals surface area contributed by atoms with E-state index in [0.717, 1.165) is 6.67 Å². The summed E-state index contributed by atoms with van der Waals surface area (Å²) < 4.78 is 0. The number of hydrogen-bond donors (Lipinski definition) is 0. The Morgan fingerprint density at radius 1 is 0.432 bits per heavy atom. The summed E-state index contributed by atoms with van der Waals surface area (Å²) in [5.41, 5.74) is 17.0. The van der Waals surface area contributed by atoms with Crippen molar-refractivity contribution in [3.05, 3.63) is 69.0 Å². The van der Waals surface area contributed by atoms with E-state index in [2.05, 4.69) is 89.5 Å². The number of rotatable bonds is 5. The Balaban J connectivity index is 0.000000181. The topological polar surface area (TPSA) is 6.48 Å². The molecule has 4 aliphatic rings. The lowest BCUT2D eigenvalue weighted by molar-refractivity contribution is 0.460. The van der Waals surface area contributed by atoms with Crippen LogP contribution in [0.25, 0.3) is 0 Å². The van der Waals surface area contributed by atoms with E-state index in [-0.39, 0.29) is 0 Å². The molecule has 1 heterocycles. The molecule has 2 aromatic carbocycles. The molecule has 44 heavy (non-hydrogen) atoms. The van der Waals surface area contributed by atoms with Gasteiger partial charge in [-0.1, -0.05) is 101 Å². The molecular formula is C41H63N2P. The van der Waals surface area contributed by atoms with Gasteiger partial charge < -0.3 is 9.80 Å². The van der Waals surface area contributed by atoms with Gasteiger partial charge in [-0.25, -0.2) is 0 Å². The third-order valence-corrected chi connectivity index (χ3v) is 15.5. The van der Waals surface area contributed by atoms with E-state index in [4.69, 9.17) is 0 Å². The highest BCUT2D eigenvalue weighted by molar-refractivity contribution is 7.60. The molecule has 0 atom stereocenters. The van der Waals surface area contributed by atoms with E-state index in [1.54, 1.807) is 77.0 Å². The summed E-state index contributed by atoms with van der Waals surface area (Å²) in [5.74, 6) is 0. The molecule has 0 amide bonds. The highest BCUT2D eigenvalue weighted by Gasteiger charge is 2.36. The average Bonchev–Trinajstić information content (AvgIpc) is 3.27. The van der Waals surface area contributed by atoms with Crippen molar-refractivity contribution < 1.29 is 0 Å². The van der Waals surface area contributed by atoms with Gasteiger partial charge in [0, 0.05) is 22.8 Å². The summed E-state index contributed by atoms with van der Waals surface area (Å²) in [5, 5.41) is 0. The van der Waals surface area contributed by atoms with Gasteiger partial charge in [0.15, 0.2) is 0 Å². The number of aryl methyl sites for hydroxylation is 6. The van der Waals surface area contributed by atoms with Crippen molar-refractivity contribution >= 4 is 19.3 Å². The molecule has 3 saturated carbocycles. The maximum absolute atomic E-state index is 2.47. The summed E-state index contributed by atoms with van der Waals surface area (Å²) in [4.78, 5) is 4.94. The van der Waals surface area contributed by atoms with Crippen molar-refractivity contribution in [1.82, 2.24) is 0 Å². The lowest BCUT2D eigenvalue weighted by Gasteiger charge is -2.44. The first kappa shape index (κ1) is 33.6. The molecule has 2 aromatic rings. The molecule has 242 valence electrons. The zero-order valence-electron chi connectivity index (χ0n) is 29.7. The molecule has 0 aromatic heterocycles. The summed E-state index contributed by atoms with van der Waals surface area (Å²) in [6, 6.07) is 9.15. The van der Waals surface area contributed by atoms with E-state index in [1.807, 2.05) is 0 Å². The van der Waals surface area contributed by atoms with Crippen LogP contribution in [-0.2, 0) is 0 Å². The minimum atomic E-state index is 0.385. The first-order chi connectivity index (χ1) is 21.2. The normalized spacial score (nSPS) is 20.8. The zero-order chi connectivity index (χ0) is 31.4. The molecule has 0 unspecified atom stereocenters. The number of benzene rings is 2. The van der Waals surface area contributed by atoms with Crippen molar-refractivity contribution in [2.45, 2.75) is 169 Å². The quantitative estimate of drug-likeness (QED) is 0.309. The van der Waals surface area contributed by atoms with Crippen molar-refractivity contribution in [2.24, 2.45) is 0 Å². The SMILES string of the molecule is C1CCC(P(C2CCCCC2)C2CCCCC2)CC1.CC1=C(C)N(c2c(C)cc(C)cc2C)CN1c1c(C)cc(C)cc1C. The van der Waals surface area contributed by atoms with Crippen LogP contribution in [0, 0.1) is 41.5 Å². The van der Waals surface area contributed by atoms with Crippen LogP contribution in [-0.4, -0.2) is 23.6 Å². The monoisotopic (exact) mass is 614 g/mol. The largest absolute Gasteiger partial charge is 0.325 e. The van der Waals surface area contributed by atoms with Crippen molar-refractivity contribution in [3.8, 4) is 0 Å². The third-order valence-electron chi connectivity index (χ3n) is 11.4. The van der Waals surface area contributed by atoms with Gasteiger partial charge in [-0.2, -0.15) is 0 Å². The zero-order valence-corrected chi connectivity index (χ0v) is 30.6. The Bertz CT molecular complexity index is 1130. The number of anilines is 2. The summed E-state index contributed by atoms with van der Waals surface area (Å²) >= 11 is 0. The Morgan fingerprint density at radius 3 is 0.977 bits per heavy atom. The van der Waals surface area contributed by atoms with Gasteiger partial charge >= 0.3 is 0 Å². The molecule has 0 spiro atoms. The fraction of sp³-hybridized carbons (Fsp3) is 0.659. The van der Waals surface area contributed by atoms with Gasteiger partial charge in [0.1, 0.15) is 0 Å².